The monoisotopic (exact) mass is 394 g/mol. The summed E-state index contributed by atoms with van der Waals surface area (Å²) >= 11 is 2.55. The lowest BCUT2D eigenvalue weighted by Gasteiger charge is -2.49. The molecule has 4 N–H and O–H groups in total. The summed E-state index contributed by atoms with van der Waals surface area (Å²) in [5.41, 5.74) is 4.17. The molecule has 2 saturated heterocycles. The number of β-lactam (4-membered cyclic amide) rings is 1. The molecule has 0 radical (unpaired) electrons. The van der Waals surface area contributed by atoms with Gasteiger partial charge >= 0.3 is 5.97 Å². The average Bonchev–Trinajstić information content (AvgIpc) is 3.10. The van der Waals surface area contributed by atoms with E-state index in [1.807, 2.05) is 19.1 Å². The Labute approximate surface area is 158 Å². The van der Waals surface area contributed by atoms with Crippen molar-refractivity contribution in [3.8, 4) is 6.07 Å². The molecule has 26 heavy (non-hydrogen) atoms. The maximum Gasteiger partial charge on any atom is 0.327 e. The Balaban J connectivity index is 1.85. The van der Waals surface area contributed by atoms with Gasteiger partial charge in [0, 0.05) is 14.5 Å². The van der Waals surface area contributed by atoms with Gasteiger partial charge in [0.1, 0.15) is 23.5 Å². The van der Waals surface area contributed by atoms with Gasteiger partial charge < -0.3 is 21.1 Å². The highest BCUT2D eigenvalue weighted by Crippen LogP contribution is 2.54. The number of thiophene rings is 1. The van der Waals surface area contributed by atoms with Crippen molar-refractivity contribution in [3.05, 3.63) is 21.9 Å². The van der Waals surface area contributed by atoms with Gasteiger partial charge in [0.15, 0.2) is 0 Å². The summed E-state index contributed by atoms with van der Waals surface area (Å²) in [5.74, 6) is -2.49. The number of nitrogens with two attached hydrogens (primary N) is 1. The standard InChI is InChI=1S/C16H18N4O4S2/c1-7-4-5-8(25-7)9(18)11(21)19-16(6-17)13(24)20-10(12(22)23)15(2,3)26-14(16)20/h4-5,9-10,14H,18H2,1-3H3,(H,19,21)(H,22,23)/t9?,10-,14+,16-/m0/s1. The second-order valence-corrected chi connectivity index (χ2v) is 9.92. The number of aryl methyl sites for hydroxylation is 1. The smallest absolute Gasteiger partial charge is 0.327 e. The molecule has 2 fully saturated rings. The van der Waals surface area contributed by atoms with Gasteiger partial charge in [-0.3, -0.25) is 9.59 Å². The number of hydrogen-bond donors (Lipinski definition) is 3. The Hall–Kier alpha value is -2.09. The van der Waals surface area contributed by atoms with Gasteiger partial charge in [-0.2, -0.15) is 5.26 Å². The summed E-state index contributed by atoms with van der Waals surface area (Å²) in [5, 5.41) is 20.8. The summed E-state index contributed by atoms with van der Waals surface area (Å²) in [6, 6.07) is 3.38. The second-order valence-electron chi connectivity index (χ2n) is 6.86. The minimum atomic E-state index is -1.80. The van der Waals surface area contributed by atoms with Crippen LogP contribution in [0.3, 0.4) is 0 Å². The average molecular weight is 394 g/mol. The Morgan fingerprint density at radius 2 is 2.12 bits per heavy atom. The molecule has 0 aliphatic carbocycles. The number of nitrogens with zero attached hydrogens (tertiary/aromatic N) is 2. The van der Waals surface area contributed by atoms with Crippen LogP contribution < -0.4 is 11.1 Å². The zero-order valence-corrected chi connectivity index (χ0v) is 16.0. The van der Waals surface area contributed by atoms with E-state index >= 15 is 0 Å². The third-order valence-electron chi connectivity index (χ3n) is 4.63. The van der Waals surface area contributed by atoms with E-state index in [-0.39, 0.29) is 0 Å². The summed E-state index contributed by atoms with van der Waals surface area (Å²) in [4.78, 5) is 39.6. The maximum absolute atomic E-state index is 12.7. The number of thioether (sulfide) groups is 1. The van der Waals surface area contributed by atoms with E-state index in [1.54, 1.807) is 19.9 Å². The largest absolute Gasteiger partial charge is 0.480 e. The number of aliphatic carboxylic acids is 1. The first-order valence-corrected chi connectivity index (χ1v) is 9.53. The van der Waals surface area contributed by atoms with Crippen LogP contribution >= 0.6 is 23.1 Å². The van der Waals surface area contributed by atoms with Crippen LogP contribution in [0, 0.1) is 18.3 Å². The first kappa shape index (κ1) is 18.7. The van der Waals surface area contributed by atoms with Crippen LogP contribution in [0.25, 0.3) is 0 Å². The molecule has 4 atom stereocenters. The van der Waals surface area contributed by atoms with E-state index in [0.29, 0.717) is 4.88 Å². The third kappa shape index (κ3) is 2.50. The fraction of sp³-hybridized carbons (Fsp3) is 0.500. The highest BCUT2D eigenvalue weighted by molar-refractivity contribution is 8.01. The third-order valence-corrected chi connectivity index (χ3v) is 7.35. The lowest BCUT2D eigenvalue weighted by atomic mass is 9.85. The number of fused-ring (bicyclic) bond motifs is 1. The highest BCUT2D eigenvalue weighted by atomic mass is 32.2. The van der Waals surface area contributed by atoms with Crippen molar-refractivity contribution in [1.82, 2.24) is 10.2 Å². The van der Waals surface area contributed by atoms with Crippen LogP contribution in [0.15, 0.2) is 12.1 Å². The molecule has 10 heteroatoms. The summed E-state index contributed by atoms with van der Waals surface area (Å²) in [6.45, 7) is 5.28. The Morgan fingerprint density at radius 1 is 1.46 bits per heavy atom. The lowest BCUT2D eigenvalue weighted by Crippen LogP contribution is -2.79. The number of carbonyl (C=O) groups is 3. The SMILES string of the molecule is Cc1ccc(C(N)C(=O)N[C@@]2(C#N)C(=O)N3[C@@H](C(=O)O)C(C)(C)S[C@@H]32)s1. The van der Waals surface area contributed by atoms with Crippen LogP contribution in [0.4, 0.5) is 0 Å². The van der Waals surface area contributed by atoms with Gasteiger partial charge in [-0.25, -0.2) is 4.79 Å². The summed E-state index contributed by atoms with van der Waals surface area (Å²) in [6.07, 6.45) is 0. The molecule has 2 aliphatic heterocycles. The second kappa shape index (κ2) is 5.97. The van der Waals surface area contributed by atoms with Gasteiger partial charge in [-0.05, 0) is 32.9 Å². The van der Waals surface area contributed by atoms with E-state index in [4.69, 9.17) is 5.73 Å². The van der Waals surface area contributed by atoms with Crippen molar-refractivity contribution in [1.29, 1.82) is 5.26 Å². The van der Waals surface area contributed by atoms with E-state index in [0.717, 1.165) is 9.78 Å². The summed E-state index contributed by atoms with van der Waals surface area (Å²) in [7, 11) is 0. The Kier molecular flexibility index (Phi) is 4.29. The number of carbonyl (C=O) groups excluding carboxylic acids is 2. The van der Waals surface area contributed by atoms with E-state index in [9.17, 15) is 24.8 Å². The fourth-order valence-electron chi connectivity index (χ4n) is 3.33. The molecule has 2 aliphatic rings. The Bertz CT molecular complexity index is 846. The molecule has 2 amide bonds. The first-order valence-electron chi connectivity index (χ1n) is 7.84. The van der Waals surface area contributed by atoms with Crippen LogP contribution in [0.1, 0.15) is 29.6 Å². The zero-order chi connectivity index (χ0) is 19.4. The zero-order valence-electron chi connectivity index (χ0n) is 14.3. The van der Waals surface area contributed by atoms with Crippen molar-refractivity contribution in [3.63, 3.8) is 0 Å². The van der Waals surface area contributed by atoms with Gasteiger partial charge in [-0.15, -0.1) is 23.1 Å². The van der Waals surface area contributed by atoms with Crippen LogP contribution in [0.5, 0.6) is 0 Å². The first-order chi connectivity index (χ1) is 12.0. The molecular weight excluding hydrogens is 376 g/mol. The molecule has 0 spiro atoms. The number of hydrogen-bond acceptors (Lipinski definition) is 7. The number of amides is 2. The van der Waals surface area contributed by atoms with Gasteiger partial charge in [0.2, 0.25) is 11.4 Å². The predicted molar refractivity (Wildman–Crippen MR) is 96.2 cm³/mol. The van der Waals surface area contributed by atoms with E-state index in [2.05, 4.69) is 5.32 Å². The van der Waals surface area contributed by atoms with Crippen molar-refractivity contribution in [2.75, 3.05) is 0 Å². The summed E-state index contributed by atoms with van der Waals surface area (Å²) < 4.78 is -0.789. The van der Waals surface area contributed by atoms with Crippen LogP contribution in [0.2, 0.25) is 0 Å². The molecule has 0 aromatic carbocycles. The van der Waals surface area contributed by atoms with Gasteiger partial charge in [-0.1, -0.05) is 0 Å². The molecule has 1 unspecified atom stereocenters. The molecule has 3 heterocycles. The molecule has 8 nitrogen and oxygen atoms in total. The molecular formula is C16H18N4O4S2. The van der Waals surface area contributed by atoms with Crippen molar-refractivity contribution in [2.45, 2.75) is 48.5 Å². The molecule has 138 valence electrons. The van der Waals surface area contributed by atoms with Gasteiger partial charge in [0.25, 0.3) is 5.91 Å². The minimum absolute atomic E-state index is 0.625. The topological polar surface area (TPSA) is 137 Å². The van der Waals surface area contributed by atoms with Gasteiger partial charge in [0.05, 0.1) is 0 Å². The van der Waals surface area contributed by atoms with Crippen molar-refractivity contribution in [2.24, 2.45) is 5.73 Å². The number of carboxylic acid groups (broad SMARTS) is 1. The quantitative estimate of drug-likeness (QED) is 0.635. The van der Waals surface area contributed by atoms with E-state index in [1.165, 1.54) is 23.1 Å². The molecule has 1 aromatic rings. The molecule has 3 rings (SSSR count). The predicted octanol–water partition coefficient (Wildman–Crippen LogP) is 0.582. The number of nitriles is 1. The normalized spacial score (nSPS) is 30.1. The van der Waals surface area contributed by atoms with Crippen molar-refractivity contribution < 1.29 is 19.5 Å². The highest BCUT2D eigenvalue weighted by Gasteiger charge is 2.73. The molecule has 0 saturated carbocycles. The maximum atomic E-state index is 12.7. The number of carboxylic acids is 1. The van der Waals surface area contributed by atoms with E-state index < -0.39 is 45.5 Å². The van der Waals surface area contributed by atoms with Crippen LogP contribution in [-0.2, 0) is 14.4 Å². The number of rotatable bonds is 4. The van der Waals surface area contributed by atoms with Crippen molar-refractivity contribution >= 4 is 40.9 Å². The molecule has 1 aromatic heterocycles. The fourth-order valence-corrected chi connectivity index (χ4v) is 5.84. The number of nitrogens with one attached hydrogen (secondary N) is 1. The van der Waals surface area contributed by atoms with Crippen LogP contribution in [-0.4, -0.2) is 49.5 Å². The lowest BCUT2D eigenvalue weighted by molar-refractivity contribution is -0.165. The minimum Gasteiger partial charge on any atom is -0.480 e. The molecule has 0 bridgehead atoms. The Morgan fingerprint density at radius 3 is 2.62 bits per heavy atom.